The normalized spacial score (nSPS) is 18.8. The number of carbonyl (C=O) groups excluding carboxylic acids is 1. The van der Waals surface area contributed by atoms with E-state index in [1.807, 2.05) is 44.2 Å². The van der Waals surface area contributed by atoms with Crippen LogP contribution in [0, 0.1) is 11.8 Å². The molecule has 1 amide bonds. The van der Waals surface area contributed by atoms with Gasteiger partial charge < -0.3 is 20.7 Å². The number of hydrogen-bond donors (Lipinski definition) is 3. The zero-order chi connectivity index (χ0) is 21.3. The zero-order valence-electron chi connectivity index (χ0n) is 18.2. The van der Waals surface area contributed by atoms with Crippen molar-refractivity contribution in [1.82, 2.24) is 5.32 Å². The molecule has 1 aromatic carbocycles. The smallest absolute Gasteiger partial charge is 0.237 e. The Morgan fingerprint density at radius 3 is 2.47 bits per heavy atom. The summed E-state index contributed by atoms with van der Waals surface area (Å²) < 4.78 is 19.6. The predicted octanol–water partition coefficient (Wildman–Crippen LogP) is 3.94. The van der Waals surface area contributed by atoms with Crippen LogP contribution in [0.2, 0.25) is 0 Å². The second-order valence-corrected chi connectivity index (χ2v) is 11.2. The van der Waals surface area contributed by atoms with Gasteiger partial charge in [0.05, 0.1) is 24.9 Å². The molecule has 0 heterocycles. The van der Waals surface area contributed by atoms with Crippen LogP contribution in [-0.4, -0.2) is 42.0 Å². The molecule has 2 rings (SSSR count). The Morgan fingerprint density at radius 2 is 1.87 bits per heavy atom. The van der Waals surface area contributed by atoms with E-state index in [0.29, 0.717) is 12.1 Å². The first-order chi connectivity index (χ1) is 13.8. The van der Waals surface area contributed by atoms with E-state index in [2.05, 4.69) is 5.32 Å². The van der Waals surface area contributed by atoms with Gasteiger partial charge in [0.15, 0.2) is 0 Å². The summed E-state index contributed by atoms with van der Waals surface area (Å²) in [7, 11) is -3.04. The quantitative estimate of drug-likeness (QED) is 0.434. The third kappa shape index (κ3) is 9.49. The molecular weight excluding hydrogens is 423 g/mol. The summed E-state index contributed by atoms with van der Waals surface area (Å²) in [6, 6.07) is 9.04. The van der Waals surface area contributed by atoms with Gasteiger partial charge in [-0.05, 0) is 30.2 Å². The summed E-state index contributed by atoms with van der Waals surface area (Å²) in [6.45, 7) is 4.04. The summed E-state index contributed by atoms with van der Waals surface area (Å²) in [5.41, 5.74) is 6.80. The van der Waals surface area contributed by atoms with Crippen molar-refractivity contribution in [3.05, 3.63) is 35.9 Å². The van der Waals surface area contributed by atoms with Crippen molar-refractivity contribution >= 4 is 25.7 Å². The molecule has 8 heteroatoms. The van der Waals surface area contributed by atoms with Crippen LogP contribution in [0.3, 0.4) is 0 Å². The molecule has 0 bridgehead atoms. The third-order valence-corrected chi connectivity index (χ3v) is 8.24. The first-order valence-corrected chi connectivity index (χ1v) is 12.8. The Morgan fingerprint density at radius 1 is 1.23 bits per heavy atom. The Balaban J connectivity index is 0.00000450. The number of nitrogens with one attached hydrogen (secondary N) is 1. The molecule has 0 saturated heterocycles. The zero-order valence-corrected chi connectivity index (χ0v) is 19.9. The van der Waals surface area contributed by atoms with Gasteiger partial charge in [0.25, 0.3) is 0 Å². The predicted molar refractivity (Wildman–Crippen MR) is 124 cm³/mol. The minimum atomic E-state index is -3.04. The van der Waals surface area contributed by atoms with Crippen LogP contribution >= 0.6 is 19.8 Å². The van der Waals surface area contributed by atoms with Gasteiger partial charge in [0.1, 0.15) is 0 Å². The van der Waals surface area contributed by atoms with Crippen molar-refractivity contribution < 1.29 is 19.0 Å². The van der Waals surface area contributed by atoms with Gasteiger partial charge in [-0.1, -0.05) is 63.4 Å². The van der Waals surface area contributed by atoms with E-state index in [9.17, 15) is 14.5 Å². The monoisotopic (exact) mass is 460 g/mol. The molecule has 6 nitrogen and oxygen atoms in total. The lowest BCUT2D eigenvalue weighted by molar-refractivity contribution is -0.123. The lowest BCUT2D eigenvalue weighted by Crippen LogP contribution is -2.46. The van der Waals surface area contributed by atoms with Crippen LogP contribution in [0.15, 0.2) is 30.3 Å². The molecule has 0 aliphatic heterocycles. The standard InChI is InChI=1S/C22H37N2O4P.ClH/c1-17(2)21(23)22(26)24-13-20(25)16-29(27,15-19-11-7-4-8-12-19)28-14-18-9-5-3-6-10-18;/h3,5-6,9-10,17,19-21,25H,4,7-8,11-16,23H2,1-2H3,(H,24,26);1H/t20-,21+,29?;/m1./s1. The minimum absolute atomic E-state index is 0. The fraction of sp³-hybridized carbons (Fsp3) is 0.682. The lowest BCUT2D eigenvalue weighted by Gasteiger charge is -2.28. The number of benzene rings is 1. The van der Waals surface area contributed by atoms with Gasteiger partial charge in [-0.25, -0.2) is 0 Å². The molecule has 1 aliphatic carbocycles. The van der Waals surface area contributed by atoms with Crippen LogP contribution in [0.5, 0.6) is 0 Å². The maximum Gasteiger partial charge on any atom is 0.237 e. The van der Waals surface area contributed by atoms with E-state index < -0.39 is 19.5 Å². The average molecular weight is 461 g/mol. The van der Waals surface area contributed by atoms with Crippen LogP contribution < -0.4 is 11.1 Å². The van der Waals surface area contributed by atoms with E-state index in [-0.39, 0.29) is 43.5 Å². The third-order valence-electron chi connectivity index (χ3n) is 5.59. The Kier molecular flexibility index (Phi) is 12.2. The molecule has 0 spiro atoms. The molecule has 1 fully saturated rings. The van der Waals surface area contributed by atoms with E-state index >= 15 is 0 Å². The Hall–Kier alpha value is -0.910. The van der Waals surface area contributed by atoms with Gasteiger partial charge in [0, 0.05) is 12.7 Å². The Labute approximate surface area is 187 Å². The molecule has 1 saturated carbocycles. The number of rotatable bonds is 11. The van der Waals surface area contributed by atoms with Crippen molar-refractivity contribution in [2.45, 2.75) is 64.7 Å². The van der Waals surface area contributed by atoms with Gasteiger partial charge in [-0.15, -0.1) is 12.4 Å². The van der Waals surface area contributed by atoms with Crippen LogP contribution in [0.4, 0.5) is 0 Å². The molecular formula is C22H38ClN2O4P. The van der Waals surface area contributed by atoms with Crippen molar-refractivity contribution in [2.75, 3.05) is 18.9 Å². The van der Waals surface area contributed by atoms with Gasteiger partial charge in [-0.3, -0.25) is 9.36 Å². The van der Waals surface area contributed by atoms with Crippen molar-refractivity contribution in [2.24, 2.45) is 17.6 Å². The highest BCUT2D eigenvalue weighted by molar-refractivity contribution is 7.59. The number of amides is 1. The molecule has 1 aliphatic rings. The topological polar surface area (TPSA) is 102 Å². The second kappa shape index (κ2) is 13.5. The molecule has 0 radical (unpaired) electrons. The number of halogens is 1. The van der Waals surface area contributed by atoms with Gasteiger partial charge >= 0.3 is 0 Å². The highest BCUT2D eigenvalue weighted by Gasteiger charge is 2.32. The number of carbonyl (C=O) groups is 1. The highest BCUT2D eigenvalue weighted by atomic mass is 35.5. The summed E-state index contributed by atoms with van der Waals surface area (Å²) in [5.74, 6) is 0.0895. The lowest BCUT2D eigenvalue weighted by atomic mass is 9.91. The van der Waals surface area contributed by atoms with Gasteiger partial charge in [-0.2, -0.15) is 0 Å². The maximum absolute atomic E-state index is 13.6. The molecule has 172 valence electrons. The van der Waals surface area contributed by atoms with Crippen LogP contribution in [0.1, 0.15) is 51.5 Å². The molecule has 3 atom stereocenters. The SMILES string of the molecule is CC(C)[C@H](N)C(=O)NC[C@@H](O)CP(=O)(CC1CCCCC1)OCc1ccccc1.Cl. The molecule has 1 unspecified atom stereocenters. The van der Waals surface area contributed by atoms with E-state index in [0.717, 1.165) is 31.2 Å². The largest absolute Gasteiger partial charge is 0.391 e. The summed E-state index contributed by atoms with van der Waals surface area (Å²) in [4.78, 5) is 12.0. The number of aliphatic hydroxyl groups excluding tert-OH is 1. The van der Waals surface area contributed by atoms with Crippen molar-refractivity contribution in [1.29, 1.82) is 0 Å². The maximum atomic E-state index is 13.6. The van der Waals surface area contributed by atoms with E-state index in [1.165, 1.54) is 6.42 Å². The van der Waals surface area contributed by atoms with E-state index in [1.54, 1.807) is 0 Å². The molecule has 0 aromatic heterocycles. The number of hydrogen-bond acceptors (Lipinski definition) is 5. The Bertz CT molecular complexity index is 668. The minimum Gasteiger partial charge on any atom is -0.391 e. The average Bonchev–Trinajstić information content (AvgIpc) is 2.71. The first kappa shape index (κ1) is 27.1. The summed E-state index contributed by atoms with van der Waals surface area (Å²) in [5, 5.41) is 13.1. The van der Waals surface area contributed by atoms with Crippen LogP contribution in [0.25, 0.3) is 0 Å². The molecule has 4 N–H and O–H groups in total. The van der Waals surface area contributed by atoms with E-state index in [4.69, 9.17) is 10.3 Å². The summed E-state index contributed by atoms with van der Waals surface area (Å²) in [6.07, 6.45) is 5.30. The first-order valence-electron chi connectivity index (χ1n) is 10.8. The van der Waals surface area contributed by atoms with Gasteiger partial charge in [0.2, 0.25) is 13.3 Å². The van der Waals surface area contributed by atoms with Crippen LogP contribution in [-0.2, 0) is 20.5 Å². The summed E-state index contributed by atoms with van der Waals surface area (Å²) >= 11 is 0. The number of aliphatic hydroxyl groups is 1. The molecule has 1 aromatic rings. The second-order valence-electron chi connectivity index (χ2n) is 8.61. The fourth-order valence-electron chi connectivity index (χ4n) is 3.73. The highest BCUT2D eigenvalue weighted by Crippen LogP contribution is 2.51. The fourth-order valence-corrected chi connectivity index (χ4v) is 6.40. The van der Waals surface area contributed by atoms with Crippen molar-refractivity contribution in [3.63, 3.8) is 0 Å². The van der Waals surface area contributed by atoms with Crippen molar-refractivity contribution in [3.8, 4) is 0 Å². The molecule has 30 heavy (non-hydrogen) atoms. The number of nitrogens with two attached hydrogens (primary N) is 1.